The summed E-state index contributed by atoms with van der Waals surface area (Å²) in [5.74, 6) is 0.316. The van der Waals surface area contributed by atoms with Gasteiger partial charge in [0.15, 0.2) is 0 Å². The molecule has 3 N–H and O–H groups in total. The highest BCUT2D eigenvalue weighted by atomic mass is 16.6. The predicted molar refractivity (Wildman–Crippen MR) is 67.6 cm³/mol. The van der Waals surface area contributed by atoms with E-state index in [0.717, 1.165) is 11.3 Å². The lowest BCUT2D eigenvalue weighted by atomic mass is 10.3. The first kappa shape index (κ1) is 11.8. The van der Waals surface area contributed by atoms with Crippen molar-refractivity contribution >= 4 is 23.0 Å². The summed E-state index contributed by atoms with van der Waals surface area (Å²) in [6, 6.07) is 4.69. The van der Waals surface area contributed by atoms with Gasteiger partial charge in [0, 0.05) is 12.3 Å². The minimum absolute atomic E-state index is 0.120. The number of hydrogen-bond acceptors (Lipinski definition) is 6. The Morgan fingerprint density at radius 2 is 2.17 bits per heavy atom. The molecule has 7 heteroatoms. The summed E-state index contributed by atoms with van der Waals surface area (Å²) in [5.41, 5.74) is 7.03. The topological polar surface area (TPSA) is 107 Å². The monoisotopic (exact) mass is 245 g/mol. The van der Waals surface area contributed by atoms with Crippen molar-refractivity contribution in [3.63, 3.8) is 0 Å². The zero-order valence-electron chi connectivity index (χ0n) is 9.62. The molecule has 92 valence electrons. The molecule has 0 aliphatic rings. The van der Waals surface area contributed by atoms with Crippen LogP contribution in [0.25, 0.3) is 0 Å². The van der Waals surface area contributed by atoms with Crippen LogP contribution in [0.1, 0.15) is 5.56 Å². The second kappa shape index (κ2) is 4.66. The predicted octanol–water partition coefficient (Wildman–Crippen LogP) is 2.02. The third-order valence-electron chi connectivity index (χ3n) is 2.25. The van der Waals surface area contributed by atoms with Crippen LogP contribution < -0.4 is 11.1 Å². The number of pyridine rings is 2. The Labute approximate surface area is 103 Å². The lowest BCUT2D eigenvalue weighted by molar-refractivity contribution is -0.384. The molecule has 2 aromatic rings. The third kappa shape index (κ3) is 2.51. The first-order valence-electron chi connectivity index (χ1n) is 5.16. The Balaban J connectivity index is 2.25. The van der Waals surface area contributed by atoms with Crippen molar-refractivity contribution in [3.8, 4) is 0 Å². The number of nitrogens with one attached hydrogen (secondary N) is 1. The number of aromatic nitrogens is 2. The van der Waals surface area contributed by atoms with Crippen molar-refractivity contribution in [1.29, 1.82) is 0 Å². The maximum absolute atomic E-state index is 10.6. The zero-order chi connectivity index (χ0) is 13.1. The van der Waals surface area contributed by atoms with Crippen molar-refractivity contribution in [1.82, 2.24) is 9.97 Å². The largest absolute Gasteiger partial charge is 0.378 e. The molecule has 0 saturated heterocycles. The number of nitrogens with two attached hydrogens (primary N) is 1. The molecule has 0 radical (unpaired) electrons. The highest BCUT2D eigenvalue weighted by Crippen LogP contribution is 2.22. The average molecular weight is 245 g/mol. The summed E-state index contributed by atoms with van der Waals surface area (Å²) >= 11 is 0. The lowest BCUT2D eigenvalue weighted by Gasteiger charge is -2.06. The van der Waals surface area contributed by atoms with Crippen LogP contribution in [0, 0.1) is 17.0 Å². The standard InChI is InChI=1S/C11H11N5O2/c1-7-4-8(6-13-5-7)14-10-3-2-9(16(17)18)11(12)15-10/h2-6H,1H3,(H3,12,14,15). The summed E-state index contributed by atoms with van der Waals surface area (Å²) < 4.78 is 0. The first-order chi connectivity index (χ1) is 8.56. The van der Waals surface area contributed by atoms with Gasteiger partial charge in [0.25, 0.3) is 0 Å². The van der Waals surface area contributed by atoms with Crippen LogP contribution in [0.3, 0.4) is 0 Å². The lowest BCUT2D eigenvalue weighted by Crippen LogP contribution is -2.01. The van der Waals surface area contributed by atoms with Crippen molar-refractivity contribution < 1.29 is 4.92 Å². The van der Waals surface area contributed by atoms with E-state index in [9.17, 15) is 10.1 Å². The van der Waals surface area contributed by atoms with Gasteiger partial charge in [-0.1, -0.05) is 0 Å². The van der Waals surface area contributed by atoms with Crippen molar-refractivity contribution in [2.24, 2.45) is 0 Å². The molecule has 18 heavy (non-hydrogen) atoms. The van der Waals surface area contributed by atoms with E-state index in [1.54, 1.807) is 12.4 Å². The molecule has 0 atom stereocenters. The molecule has 0 bridgehead atoms. The van der Waals surface area contributed by atoms with E-state index in [1.807, 2.05) is 13.0 Å². The number of nitrogens with zero attached hydrogens (tertiary/aromatic N) is 3. The number of nitro groups is 1. The Morgan fingerprint density at radius 3 is 2.78 bits per heavy atom. The molecule has 0 spiro atoms. The minimum atomic E-state index is -0.569. The van der Waals surface area contributed by atoms with Crippen LogP contribution >= 0.6 is 0 Å². The fourth-order valence-corrected chi connectivity index (χ4v) is 1.46. The second-order valence-electron chi connectivity index (χ2n) is 3.73. The third-order valence-corrected chi connectivity index (χ3v) is 2.25. The van der Waals surface area contributed by atoms with Crippen molar-refractivity contribution in [3.05, 3.63) is 46.3 Å². The van der Waals surface area contributed by atoms with Gasteiger partial charge in [0.2, 0.25) is 5.82 Å². The highest BCUT2D eigenvalue weighted by molar-refractivity contribution is 5.62. The average Bonchev–Trinajstić information content (AvgIpc) is 2.28. The quantitative estimate of drug-likeness (QED) is 0.632. The molecule has 2 aromatic heterocycles. The van der Waals surface area contributed by atoms with Gasteiger partial charge < -0.3 is 11.1 Å². The second-order valence-corrected chi connectivity index (χ2v) is 3.73. The molecule has 7 nitrogen and oxygen atoms in total. The number of anilines is 3. The Morgan fingerprint density at radius 1 is 1.39 bits per heavy atom. The molecular formula is C11H11N5O2. The van der Waals surface area contributed by atoms with Gasteiger partial charge in [-0.2, -0.15) is 0 Å². The highest BCUT2D eigenvalue weighted by Gasteiger charge is 2.12. The van der Waals surface area contributed by atoms with Crippen LogP contribution in [-0.2, 0) is 0 Å². The van der Waals surface area contributed by atoms with E-state index in [-0.39, 0.29) is 11.5 Å². The maximum atomic E-state index is 10.6. The van der Waals surface area contributed by atoms with E-state index in [4.69, 9.17) is 5.73 Å². The maximum Gasteiger partial charge on any atom is 0.311 e. The fourth-order valence-electron chi connectivity index (χ4n) is 1.46. The summed E-state index contributed by atoms with van der Waals surface area (Å²) in [4.78, 5) is 18.0. The van der Waals surface area contributed by atoms with E-state index >= 15 is 0 Å². The van der Waals surface area contributed by atoms with E-state index in [2.05, 4.69) is 15.3 Å². The molecule has 0 aliphatic heterocycles. The fraction of sp³-hybridized carbons (Fsp3) is 0.0909. The molecule has 0 amide bonds. The Bertz CT molecular complexity index is 600. The minimum Gasteiger partial charge on any atom is -0.378 e. The summed E-state index contributed by atoms with van der Waals surface area (Å²) in [6.45, 7) is 1.91. The number of hydrogen-bond donors (Lipinski definition) is 2. The summed E-state index contributed by atoms with van der Waals surface area (Å²) in [6.07, 6.45) is 3.36. The van der Waals surface area contributed by atoms with E-state index in [0.29, 0.717) is 5.82 Å². The van der Waals surface area contributed by atoms with Gasteiger partial charge in [-0.05, 0) is 24.6 Å². The molecule has 2 heterocycles. The number of rotatable bonds is 3. The number of nitrogen functional groups attached to an aromatic ring is 1. The van der Waals surface area contributed by atoms with Crippen LogP contribution in [0.5, 0.6) is 0 Å². The summed E-state index contributed by atoms with van der Waals surface area (Å²) in [7, 11) is 0. The Kier molecular flexibility index (Phi) is 3.05. The summed E-state index contributed by atoms with van der Waals surface area (Å²) in [5, 5.41) is 13.6. The van der Waals surface area contributed by atoms with Gasteiger partial charge in [-0.3, -0.25) is 15.1 Å². The molecule has 0 saturated carbocycles. The normalized spacial score (nSPS) is 10.1. The van der Waals surface area contributed by atoms with Crippen molar-refractivity contribution in [2.75, 3.05) is 11.1 Å². The SMILES string of the molecule is Cc1cncc(Nc2ccc([N+](=O)[O-])c(N)n2)c1. The molecule has 0 fully saturated rings. The molecule has 0 aliphatic carbocycles. The zero-order valence-corrected chi connectivity index (χ0v) is 9.62. The van der Waals surface area contributed by atoms with Gasteiger partial charge in [0.05, 0.1) is 16.8 Å². The van der Waals surface area contributed by atoms with Crippen LogP contribution in [0.15, 0.2) is 30.6 Å². The van der Waals surface area contributed by atoms with E-state index in [1.165, 1.54) is 12.1 Å². The van der Waals surface area contributed by atoms with Crippen molar-refractivity contribution in [2.45, 2.75) is 6.92 Å². The molecular weight excluding hydrogens is 234 g/mol. The van der Waals surface area contributed by atoms with Gasteiger partial charge >= 0.3 is 5.69 Å². The van der Waals surface area contributed by atoms with Crippen LogP contribution in [0.4, 0.5) is 23.0 Å². The van der Waals surface area contributed by atoms with Gasteiger partial charge in [-0.15, -0.1) is 0 Å². The molecule has 0 aromatic carbocycles. The van der Waals surface area contributed by atoms with Crippen LogP contribution in [-0.4, -0.2) is 14.9 Å². The number of aryl methyl sites for hydroxylation is 1. The van der Waals surface area contributed by atoms with Gasteiger partial charge in [-0.25, -0.2) is 4.98 Å². The van der Waals surface area contributed by atoms with Crippen LogP contribution in [0.2, 0.25) is 0 Å². The van der Waals surface area contributed by atoms with E-state index < -0.39 is 4.92 Å². The molecule has 0 unspecified atom stereocenters. The van der Waals surface area contributed by atoms with Gasteiger partial charge in [0.1, 0.15) is 5.82 Å². The molecule has 2 rings (SSSR count). The smallest absolute Gasteiger partial charge is 0.311 e. The first-order valence-corrected chi connectivity index (χ1v) is 5.16. The Hall–Kier alpha value is -2.70.